The zero-order valence-electron chi connectivity index (χ0n) is 14.4. The number of nitrogens with one attached hydrogen (secondary N) is 1. The third-order valence-electron chi connectivity index (χ3n) is 5.06. The van der Waals surface area contributed by atoms with E-state index in [9.17, 15) is 4.79 Å². The molecule has 128 valence electrons. The van der Waals surface area contributed by atoms with Crippen LogP contribution in [0.15, 0.2) is 53.5 Å². The number of furan rings is 1. The van der Waals surface area contributed by atoms with Gasteiger partial charge in [0.25, 0.3) is 5.91 Å². The average molecular weight is 335 g/mol. The minimum Gasteiger partial charge on any atom is -0.472 e. The molecule has 25 heavy (non-hydrogen) atoms. The van der Waals surface area contributed by atoms with Gasteiger partial charge in [-0.15, -0.1) is 0 Å². The summed E-state index contributed by atoms with van der Waals surface area (Å²) >= 11 is 0. The van der Waals surface area contributed by atoms with Gasteiger partial charge in [-0.1, -0.05) is 29.8 Å². The lowest BCUT2D eigenvalue weighted by molar-refractivity contribution is 0.0746. The molecule has 1 aliphatic heterocycles. The second kappa shape index (κ2) is 6.24. The number of carbonyl (C=O) groups excluding carboxylic acids is 1. The first-order valence-electron chi connectivity index (χ1n) is 8.57. The number of nitrogens with zero attached hydrogens (tertiary/aromatic N) is 2. The highest BCUT2D eigenvalue weighted by molar-refractivity contribution is 6.00. The van der Waals surface area contributed by atoms with Gasteiger partial charge >= 0.3 is 0 Å². The van der Waals surface area contributed by atoms with Gasteiger partial charge in [0.2, 0.25) is 0 Å². The van der Waals surface area contributed by atoms with Crippen molar-refractivity contribution in [1.29, 1.82) is 0 Å². The van der Waals surface area contributed by atoms with Gasteiger partial charge in [-0.2, -0.15) is 5.10 Å². The molecule has 0 saturated carbocycles. The Morgan fingerprint density at radius 3 is 2.80 bits per heavy atom. The van der Waals surface area contributed by atoms with Gasteiger partial charge in [0, 0.05) is 24.1 Å². The fourth-order valence-corrected chi connectivity index (χ4v) is 3.62. The van der Waals surface area contributed by atoms with Gasteiger partial charge in [0.05, 0.1) is 30.0 Å². The highest BCUT2D eigenvalue weighted by Gasteiger charge is 2.35. The van der Waals surface area contributed by atoms with Crippen molar-refractivity contribution in [2.24, 2.45) is 0 Å². The molecule has 0 aliphatic carbocycles. The predicted octanol–water partition coefficient (Wildman–Crippen LogP) is 4.00. The van der Waals surface area contributed by atoms with Crippen LogP contribution >= 0.6 is 0 Å². The van der Waals surface area contributed by atoms with Crippen molar-refractivity contribution in [1.82, 2.24) is 15.1 Å². The second-order valence-corrected chi connectivity index (χ2v) is 6.82. The monoisotopic (exact) mass is 335 g/mol. The largest absolute Gasteiger partial charge is 0.472 e. The number of carbonyl (C=O) groups is 1. The predicted molar refractivity (Wildman–Crippen MR) is 95.3 cm³/mol. The van der Waals surface area contributed by atoms with E-state index in [4.69, 9.17) is 4.42 Å². The number of aryl methyl sites for hydroxylation is 1. The molecule has 5 heteroatoms. The molecule has 1 saturated heterocycles. The first-order valence-corrected chi connectivity index (χ1v) is 8.57. The molecule has 0 radical (unpaired) electrons. The minimum atomic E-state index is 0.0204. The summed E-state index contributed by atoms with van der Waals surface area (Å²) in [6, 6.07) is 10.7. The number of benzene rings is 1. The molecule has 1 N–H and O–H groups in total. The van der Waals surface area contributed by atoms with Crippen LogP contribution in [-0.4, -0.2) is 33.6 Å². The summed E-state index contributed by atoms with van der Waals surface area (Å²) in [7, 11) is 0. The standard InChI is InChI=1S/C20H21N3O2/c1-13-3-5-15(6-4-13)17-9-14(2)23(11-17)20(24)18-10-21-22-19(18)16-7-8-25-12-16/h3-8,10,12,14,17H,9,11H2,1-2H3,(H,21,22). The third kappa shape index (κ3) is 2.86. The first-order chi connectivity index (χ1) is 12.1. The number of rotatable bonds is 3. The van der Waals surface area contributed by atoms with E-state index in [1.54, 1.807) is 18.7 Å². The summed E-state index contributed by atoms with van der Waals surface area (Å²) in [5, 5.41) is 6.99. The summed E-state index contributed by atoms with van der Waals surface area (Å²) in [5.74, 6) is 0.399. The maximum absolute atomic E-state index is 13.1. The van der Waals surface area contributed by atoms with Gasteiger partial charge in [-0.3, -0.25) is 9.89 Å². The second-order valence-electron chi connectivity index (χ2n) is 6.82. The summed E-state index contributed by atoms with van der Waals surface area (Å²) < 4.78 is 5.13. The van der Waals surface area contributed by atoms with Crippen LogP contribution < -0.4 is 0 Å². The fourth-order valence-electron chi connectivity index (χ4n) is 3.62. The van der Waals surface area contributed by atoms with Crippen LogP contribution in [0.25, 0.3) is 11.3 Å². The average Bonchev–Trinajstić information content (AvgIpc) is 3.35. The van der Waals surface area contributed by atoms with Crippen LogP contribution in [0.2, 0.25) is 0 Å². The lowest BCUT2D eigenvalue weighted by atomic mass is 9.96. The molecule has 0 spiro atoms. The van der Waals surface area contributed by atoms with Crippen molar-refractivity contribution in [3.05, 3.63) is 65.7 Å². The quantitative estimate of drug-likeness (QED) is 0.787. The van der Waals surface area contributed by atoms with Crippen LogP contribution in [0.4, 0.5) is 0 Å². The summed E-state index contributed by atoms with van der Waals surface area (Å²) in [5.41, 5.74) is 4.70. The Balaban J connectivity index is 1.57. The third-order valence-corrected chi connectivity index (χ3v) is 5.06. The van der Waals surface area contributed by atoms with E-state index >= 15 is 0 Å². The number of aromatic nitrogens is 2. The van der Waals surface area contributed by atoms with Crippen LogP contribution in [-0.2, 0) is 0 Å². The zero-order valence-corrected chi connectivity index (χ0v) is 14.4. The molecule has 2 unspecified atom stereocenters. The van der Waals surface area contributed by atoms with E-state index in [0.717, 1.165) is 18.5 Å². The van der Waals surface area contributed by atoms with Crippen molar-refractivity contribution < 1.29 is 9.21 Å². The molecule has 4 rings (SSSR count). The van der Waals surface area contributed by atoms with E-state index in [0.29, 0.717) is 17.2 Å². The highest BCUT2D eigenvalue weighted by Crippen LogP contribution is 2.34. The molecular weight excluding hydrogens is 314 g/mol. The van der Waals surface area contributed by atoms with Gasteiger partial charge in [-0.05, 0) is 31.9 Å². The summed E-state index contributed by atoms with van der Waals surface area (Å²) in [6.07, 6.45) is 5.80. The van der Waals surface area contributed by atoms with Crippen molar-refractivity contribution in [2.45, 2.75) is 32.2 Å². The molecule has 3 aromatic rings. The fraction of sp³-hybridized carbons (Fsp3) is 0.300. The normalized spacial score (nSPS) is 20.2. The van der Waals surface area contributed by atoms with Gasteiger partial charge < -0.3 is 9.32 Å². The number of hydrogen-bond donors (Lipinski definition) is 1. The number of likely N-dealkylation sites (tertiary alicyclic amines) is 1. The summed E-state index contributed by atoms with van der Waals surface area (Å²) in [4.78, 5) is 15.1. The van der Waals surface area contributed by atoms with Crippen molar-refractivity contribution in [3.8, 4) is 11.3 Å². The lowest BCUT2D eigenvalue weighted by Crippen LogP contribution is -2.34. The van der Waals surface area contributed by atoms with E-state index in [1.165, 1.54) is 11.1 Å². The molecule has 3 heterocycles. The van der Waals surface area contributed by atoms with Crippen LogP contribution in [0.5, 0.6) is 0 Å². The Labute approximate surface area is 146 Å². The first kappa shape index (κ1) is 15.7. The molecule has 1 aliphatic rings. The Hall–Kier alpha value is -2.82. The van der Waals surface area contributed by atoms with Gasteiger partial charge in [0.1, 0.15) is 0 Å². The zero-order chi connectivity index (χ0) is 17.4. The van der Waals surface area contributed by atoms with E-state index < -0.39 is 0 Å². The number of H-pyrrole nitrogens is 1. The SMILES string of the molecule is Cc1ccc(C2CC(C)N(C(=O)c3cn[nH]c3-c3ccoc3)C2)cc1. The maximum Gasteiger partial charge on any atom is 0.257 e. The molecule has 1 amide bonds. The van der Waals surface area contributed by atoms with Gasteiger partial charge in [0.15, 0.2) is 0 Å². The lowest BCUT2D eigenvalue weighted by Gasteiger charge is -2.21. The number of hydrogen-bond acceptors (Lipinski definition) is 3. The smallest absolute Gasteiger partial charge is 0.257 e. The van der Waals surface area contributed by atoms with Crippen LogP contribution in [0, 0.1) is 6.92 Å². The molecular formula is C20H21N3O2. The van der Waals surface area contributed by atoms with Gasteiger partial charge in [-0.25, -0.2) is 0 Å². The summed E-state index contributed by atoms with van der Waals surface area (Å²) in [6.45, 7) is 4.94. The molecule has 2 atom stereocenters. The number of aromatic amines is 1. The van der Waals surface area contributed by atoms with E-state index in [1.807, 2.05) is 11.0 Å². The van der Waals surface area contributed by atoms with Crippen LogP contribution in [0.3, 0.4) is 0 Å². The van der Waals surface area contributed by atoms with Crippen molar-refractivity contribution >= 4 is 5.91 Å². The molecule has 1 fully saturated rings. The molecule has 5 nitrogen and oxygen atoms in total. The molecule has 1 aromatic carbocycles. The highest BCUT2D eigenvalue weighted by atomic mass is 16.3. The van der Waals surface area contributed by atoms with Crippen molar-refractivity contribution in [2.75, 3.05) is 6.54 Å². The Morgan fingerprint density at radius 2 is 2.08 bits per heavy atom. The van der Waals surface area contributed by atoms with E-state index in [-0.39, 0.29) is 11.9 Å². The van der Waals surface area contributed by atoms with Crippen LogP contribution in [0.1, 0.15) is 40.7 Å². The van der Waals surface area contributed by atoms with E-state index in [2.05, 4.69) is 48.3 Å². The Morgan fingerprint density at radius 1 is 1.28 bits per heavy atom. The Kier molecular flexibility index (Phi) is 3.92. The number of amides is 1. The maximum atomic E-state index is 13.1. The minimum absolute atomic E-state index is 0.0204. The topological polar surface area (TPSA) is 62.1 Å². The van der Waals surface area contributed by atoms with Crippen molar-refractivity contribution in [3.63, 3.8) is 0 Å². The Bertz CT molecular complexity index is 865. The molecule has 2 aromatic heterocycles. The molecule has 0 bridgehead atoms.